The van der Waals surface area contributed by atoms with Gasteiger partial charge in [0.25, 0.3) is 0 Å². The van der Waals surface area contributed by atoms with Crippen LogP contribution in [0.15, 0.2) is 54.7 Å². The molecule has 1 N–H and O–H groups in total. The zero-order chi connectivity index (χ0) is 14.5. The third kappa shape index (κ3) is 3.68. The van der Waals surface area contributed by atoms with Crippen molar-refractivity contribution in [3.05, 3.63) is 76.7 Å². The molecule has 2 aromatic carbocycles. The fourth-order valence-corrected chi connectivity index (χ4v) is 1.79. The maximum atomic E-state index is 12.7. The van der Waals surface area contributed by atoms with E-state index in [0.29, 0.717) is 10.6 Å². The lowest BCUT2D eigenvalue weighted by atomic mass is 10.1. The van der Waals surface area contributed by atoms with E-state index in [4.69, 9.17) is 11.6 Å². The number of anilines is 1. The Morgan fingerprint density at radius 1 is 1.20 bits per heavy atom. The van der Waals surface area contributed by atoms with Crippen molar-refractivity contribution in [2.24, 2.45) is 0 Å². The van der Waals surface area contributed by atoms with E-state index in [1.807, 2.05) is 19.1 Å². The van der Waals surface area contributed by atoms with Crippen molar-refractivity contribution in [3.8, 4) is 0 Å². The number of hydrogen-bond acceptors (Lipinski definition) is 2. The second-order valence-electron chi connectivity index (χ2n) is 4.31. The quantitative estimate of drug-likeness (QED) is 0.658. The van der Waals surface area contributed by atoms with Gasteiger partial charge in [-0.05, 0) is 48.9 Å². The monoisotopic (exact) mass is 289 g/mol. The number of allylic oxidation sites excluding steroid dienone is 1. The molecule has 0 spiro atoms. The van der Waals surface area contributed by atoms with E-state index in [1.165, 1.54) is 36.5 Å². The Morgan fingerprint density at radius 2 is 1.90 bits per heavy atom. The van der Waals surface area contributed by atoms with Crippen molar-refractivity contribution >= 4 is 23.1 Å². The number of benzene rings is 2. The molecule has 102 valence electrons. The maximum absolute atomic E-state index is 12.7. The summed E-state index contributed by atoms with van der Waals surface area (Å²) in [5, 5.41) is 3.63. The normalized spacial score (nSPS) is 10.8. The molecule has 0 aliphatic rings. The highest BCUT2D eigenvalue weighted by Crippen LogP contribution is 2.19. The number of aryl methyl sites for hydroxylation is 1. The fourth-order valence-electron chi connectivity index (χ4n) is 1.61. The van der Waals surface area contributed by atoms with E-state index in [9.17, 15) is 9.18 Å². The van der Waals surface area contributed by atoms with Crippen LogP contribution in [0.25, 0.3) is 0 Å². The molecule has 0 aromatic heterocycles. The molecule has 0 amide bonds. The minimum Gasteiger partial charge on any atom is -0.362 e. The van der Waals surface area contributed by atoms with E-state index < -0.39 is 0 Å². The van der Waals surface area contributed by atoms with Gasteiger partial charge in [-0.1, -0.05) is 17.7 Å². The summed E-state index contributed by atoms with van der Waals surface area (Å²) in [7, 11) is 0. The molecule has 0 heterocycles. The molecule has 0 aliphatic carbocycles. The van der Waals surface area contributed by atoms with Gasteiger partial charge in [0, 0.05) is 28.5 Å². The Bertz CT molecular complexity index is 650. The molecule has 0 unspecified atom stereocenters. The van der Waals surface area contributed by atoms with Crippen LogP contribution >= 0.6 is 11.6 Å². The molecule has 2 aromatic rings. The Balaban J connectivity index is 2.00. The van der Waals surface area contributed by atoms with Gasteiger partial charge in [0.15, 0.2) is 5.78 Å². The topological polar surface area (TPSA) is 29.1 Å². The summed E-state index contributed by atoms with van der Waals surface area (Å²) >= 11 is 6.00. The van der Waals surface area contributed by atoms with Crippen LogP contribution in [0.4, 0.5) is 10.1 Å². The molecule has 20 heavy (non-hydrogen) atoms. The minimum atomic E-state index is -0.363. The first-order chi connectivity index (χ1) is 9.56. The van der Waals surface area contributed by atoms with Gasteiger partial charge in [0.05, 0.1) is 0 Å². The third-order valence-electron chi connectivity index (χ3n) is 2.79. The SMILES string of the molecule is Cc1ccc(N/C=C\C(=O)c2ccc(F)cc2)cc1Cl. The van der Waals surface area contributed by atoms with Gasteiger partial charge in [-0.3, -0.25) is 4.79 Å². The molecule has 0 saturated carbocycles. The van der Waals surface area contributed by atoms with E-state index in [-0.39, 0.29) is 11.6 Å². The molecular formula is C16H13ClFNO. The summed E-state index contributed by atoms with van der Waals surface area (Å²) < 4.78 is 12.7. The number of rotatable bonds is 4. The number of nitrogens with one attached hydrogen (secondary N) is 1. The average molecular weight is 290 g/mol. The molecule has 2 rings (SSSR count). The second-order valence-corrected chi connectivity index (χ2v) is 4.72. The van der Waals surface area contributed by atoms with Gasteiger partial charge in [-0.2, -0.15) is 0 Å². The number of ketones is 1. The lowest BCUT2D eigenvalue weighted by molar-refractivity contribution is 0.104. The molecule has 0 radical (unpaired) electrons. The Hall–Kier alpha value is -2.13. The van der Waals surface area contributed by atoms with Gasteiger partial charge in [-0.15, -0.1) is 0 Å². The highest BCUT2D eigenvalue weighted by molar-refractivity contribution is 6.31. The summed E-state index contributed by atoms with van der Waals surface area (Å²) in [5.41, 5.74) is 2.22. The van der Waals surface area contributed by atoms with Gasteiger partial charge in [-0.25, -0.2) is 4.39 Å². The maximum Gasteiger partial charge on any atom is 0.187 e. The lowest BCUT2D eigenvalue weighted by Gasteiger charge is -2.03. The van der Waals surface area contributed by atoms with Gasteiger partial charge < -0.3 is 5.32 Å². The average Bonchev–Trinajstić information content (AvgIpc) is 2.43. The van der Waals surface area contributed by atoms with Gasteiger partial charge in [0.1, 0.15) is 5.82 Å². The lowest BCUT2D eigenvalue weighted by Crippen LogP contribution is -1.96. The van der Waals surface area contributed by atoms with Crippen molar-refractivity contribution in [2.75, 3.05) is 5.32 Å². The summed E-state index contributed by atoms with van der Waals surface area (Å²) in [6, 6.07) is 11.0. The van der Waals surface area contributed by atoms with Crippen molar-refractivity contribution in [2.45, 2.75) is 6.92 Å². The highest BCUT2D eigenvalue weighted by atomic mass is 35.5. The van der Waals surface area contributed by atoms with Crippen LogP contribution in [-0.4, -0.2) is 5.78 Å². The molecular weight excluding hydrogens is 277 g/mol. The number of carbonyl (C=O) groups is 1. The summed E-state index contributed by atoms with van der Waals surface area (Å²) in [6.07, 6.45) is 2.92. The Labute approximate surface area is 121 Å². The molecule has 2 nitrogen and oxygen atoms in total. The van der Waals surface area contributed by atoms with Crippen LogP contribution in [0.3, 0.4) is 0 Å². The fraction of sp³-hybridized carbons (Fsp3) is 0.0625. The Morgan fingerprint density at radius 3 is 2.55 bits per heavy atom. The zero-order valence-electron chi connectivity index (χ0n) is 10.9. The van der Waals surface area contributed by atoms with Crippen molar-refractivity contribution in [3.63, 3.8) is 0 Å². The smallest absolute Gasteiger partial charge is 0.187 e. The molecule has 0 bridgehead atoms. The van der Waals surface area contributed by atoms with E-state index in [2.05, 4.69) is 5.32 Å². The molecule has 4 heteroatoms. The molecule has 0 aliphatic heterocycles. The highest BCUT2D eigenvalue weighted by Gasteiger charge is 2.01. The standard InChI is InChI=1S/C16H13ClFNO/c1-11-2-7-14(10-15(11)17)19-9-8-16(20)12-3-5-13(18)6-4-12/h2-10,19H,1H3/b9-8-. The van der Waals surface area contributed by atoms with Crippen LogP contribution in [-0.2, 0) is 0 Å². The first-order valence-corrected chi connectivity index (χ1v) is 6.43. The van der Waals surface area contributed by atoms with Crippen molar-refractivity contribution in [1.29, 1.82) is 0 Å². The van der Waals surface area contributed by atoms with Crippen molar-refractivity contribution < 1.29 is 9.18 Å². The Kier molecular flexibility index (Phi) is 4.53. The first kappa shape index (κ1) is 14.3. The minimum absolute atomic E-state index is 0.198. The molecule has 0 atom stereocenters. The summed E-state index contributed by atoms with van der Waals surface area (Å²) in [5.74, 6) is -0.561. The first-order valence-electron chi connectivity index (χ1n) is 6.05. The predicted molar refractivity (Wildman–Crippen MR) is 79.7 cm³/mol. The number of carbonyl (C=O) groups excluding carboxylic acids is 1. The number of hydrogen-bond donors (Lipinski definition) is 1. The van der Waals surface area contributed by atoms with E-state index in [1.54, 1.807) is 6.07 Å². The summed E-state index contributed by atoms with van der Waals surface area (Å²) in [4.78, 5) is 11.8. The van der Waals surface area contributed by atoms with E-state index in [0.717, 1.165) is 11.3 Å². The van der Waals surface area contributed by atoms with Crippen LogP contribution in [0.1, 0.15) is 15.9 Å². The second kappa shape index (κ2) is 6.35. The molecule has 0 fully saturated rings. The van der Waals surface area contributed by atoms with Crippen LogP contribution in [0.2, 0.25) is 5.02 Å². The summed E-state index contributed by atoms with van der Waals surface area (Å²) in [6.45, 7) is 1.92. The van der Waals surface area contributed by atoms with Crippen LogP contribution < -0.4 is 5.32 Å². The predicted octanol–water partition coefficient (Wildman–Crippen LogP) is 4.60. The third-order valence-corrected chi connectivity index (χ3v) is 3.19. The molecule has 0 saturated heterocycles. The largest absolute Gasteiger partial charge is 0.362 e. The van der Waals surface area contributed by atoms with Crippen LogP contribution in [0.5, 0.6) is 0 Å². The van der Waals surface area contributed by atoms with Crippen molar-refractivity contribution in [1.82, 2.24) is 0 Å². The number of halogens is 2. The van der Waals surface area contributed by atoms with Gasteiger partial charge in [0.2, 0.25) is 0 Å². The van der Waals surface area contributed by atoms with Gasteiger partial charge >= 0.3 is 0 Å². The zero-order valence-corrected chi connectivity index (χ0v) is 11.6. The van der Waals surface area contributed by atoms with E-state index >= 15 is 0 Å². The van der Waals surface area contributed by atoms with Crippen LogP contribution in [0, 0.1) is 12.7 Å².